The first-order valence-corrected chi connectivity index (χ1v) is 10.8. The molecule has 0 atom stereocenters. The lowest BCUT2D eigenvalue weighted by Crippen LogP contribution is -2.50. The molecule has 0 aliphatic carbocycles. The first-order valence-electron chi connectivity index (χ1n) is 9.32. The molecule has 1 aromatic heterocycles. The standard InChI is InChI=1S/C19H21N5O4S/c25-18(15-3-1-4-16(13-15)24-8-7-21-19(24)26)22-9-11-23(12-10-22)29(27,28)17-5-2-6-20-14-17/h1-6,13-14H,7-12H2,(H,21,26). The Morgan fingerprint density at radius 3 is 2.48 bits per heavy atom. The second kappa shape index (κ2) is 7.80. The fourth-order valence-corrected chi connectivity index (χ4v) is 4.87. The molecule has 4 rings (SSSR count). The van der Waals surface area contributed by atoms with Gasteiger partial charge in [0.15, 0.2) is 0 Å². The van der Waals surface area contributed by atoms with Crippen molar-refractivity contribution in [3.63, 3.8) is 0 Å². The van der Waals surface area contributed by atoms with Crippen LogP contribution in [0.15, 0.2) is 53.7 Å². The molecule has 2 aliphatic heterocycles. The number of nitrogens with zero attached hydrogens (tertiary/aromatic N) is 4. The Kier molecular flexibility index (Phi) is 5.20. The smallest absolute Gasteiger partial charge is 0.321 e. The van der Waals surface area contributed by atoms with Crippen LogP contribution in [0.4, 0.5) is 10.5 Å². The lowest BCUT2D eigenvalue weighted by molar-refractivity contribution is 0.0698. The van der Waals surface area contributed by atoms with E-state index < -0.39 is 10.0 Å². The zero-order valence-electron chi connectivity index (χ0n) is 15.7. The molecule has 0 unspecified atom stereocenters. The monoisotopic (exact) mass is 415 g/mol. The number of pyridine rings is 1. The van der Waals surface area contributed by atoms with Gasteiger partial charge in [-0.15, -0.1) is 0 Å². The Balaban J connectivity index is 1.44. The van der Waals surface area contributed by atoms with E-state index in [1.165, 1.54) is 22.8 Å². The fraction of sp³-hybridized carbons (Fsp3) is 0.316. The molecule has 152 valence electrons. The van der Waals surface area contributed by atoms with Crippen LogP contribution in [-0.2, 0) is 10.0 Å². The Hall–Kier alpha value is -2.98. The predicted octanol–water partition coefficient (Wildman–Crippen LogP) is 0.758. The SMILES string of the molecule is O=C(c1cccc(N2CCNC2=O)c1)N1CCN(S(=O)(=O)c2cccnc2)CC1. The fourth-order valence-electron chi connectivity index (χ4n) is 3.49. The zero-order valence-corrected chi connectivity index (χ0v) is 16.5. The summed E-state index contributed by atoms with van der Waals surface area (Å²) in [4.78, 5) is 32.0. The molecular formula is C19H21N5O4S. The summed E-state index contributed by atoms with van der Waals surface area (Å²) in [5.74, 6) is -0.176. The van der Waals surface area contributed by atoms with E-state index in [0.29, 0.717) is 37.4 Å². The maximum Gasteiger partial charge on any atom is 0.321 e. The van der Waals surface area contributed by atoms with Crippen LogP contribution in [0.2, 0.25) is 0 Å². The molecule has 1 aromatic carbocycles. The minimum absolute atomic E-state index is 0.149. The van der Waals surface area contributed by atoms with Gasteiger partial charge < -0.3 is 10.2 Å². The maximum atomic E-state index is 12.9. The van der Waals surface area contributed by atoms with Gasteiger partial charge in [-0.3, -0.25) is 14.7 Å². The molecule has 2 aromatic rings. The van der Waals surface area contributed by atoms with E-state index in [9.17, 15) is 18.0 Å². The molecule has 0 spiro atoms. The molecule has 0 radical (unpaired) electrons. The first kappa shape index (κ1) is 19.3. The molecule has 2 saturated heterocycles. The van der Waals surface area contributed by atoms with Crippen molar-refractivity contribution in [2.24, 2.45) is 0 Å². The van der Waals surface area contributed by atoms with Crippen molar-refractivity contribution >= 4 is 27.6 Å². The van der Waals surface area contributed by atoms with Gasteiger partial charge in [-0.25, -0.2) is 13.2 Å². The average molecular weight is 415 g/mol. The Morgan fingerprint density at radius 1 is 1.03 bits per heavy atom. The largest absolute Gasteiger partial charge is 0.336 e. The molecule has 3 heterocycles. The lowest BCUT2D eigenvalue weighted by atomic mass is 10.1. The average Bonchev–Trinajstić information content (AvgIpc) is 3.20. The van der Waals surface area contributed by atoms with Crippen molar-refractivity contribution < 1.29 is 18.0 Å². The molecular weight excluding hydrogens is 394 g/mol. The number of aromatic nitrogens is 1. The molecule has 0 saturated carbocycles. The van der Waals surface area contributed by atoms with Crippen LogP contribution in [0, 0.1) is 0 Å². The molecule has 1 N–H and O–H groups in total. The number of rotatable bonds is 4. The van der Waals surface area contributed by atoms with Gasteiger partial charge in [-0.1, -0.05) is 6.07 Å². The number of carbonyl (C=O) groups is 2. The van der Waals surface area contributed by atoms with Gasteiger partial charge in [-0.05, 0) is 30.3 Å². The summed E-state index contributed by atoms with van der Waals surface area (Å²) in [5, 5.41) is 2.74. The number of sulfonamides is 1. The van der Waals surface area contributed by atoms with E-state index >= 15 is 0 Å². The molecule has 29 heavy (non-hydrogen) atoms. The predicted molar refractivity (Wildman–Crippen MR) is 106 cm³/mol. The Morgan fingerprint density at radius 2 is 1.83 bits per heavy atom. The van der Waals surface area contributed by atoms with Gasteiger partial charge in [0.1, 0.15) is 4.90 Å². The molecule has 9 nitrogen and oxygen atoms in total. The summed E-state index contributed by atoms with van der Waals surface area (Å²) >= 11 is 0. The number of nitrogens with one attached hydrogen (secondary N) is 1. The zero-order chi connectivity index (χ0) is 20.4. The Bertz CT molecular complexity index is 1020. The third kappa shape index (κ3) is 3.81. The lowest BCUT2D eigenvalue weighted by Gasteiger charge is -2.34. The van der Waals surface area contributed by atoms with Crippen LogP contribution < -0.4 is 10.2 Å². The van der Waals surface area contributed by atoms with Crippen LogP contribution >= 0.6 is 0 Å². The molecule has 10 heteroatoms. The maximum absolute atomic E-state index is 12.9. The van der Waals surface area contributed by atoms with Gasteiger partial charge in [0, 0.05) is 62.9 Å². The molecule has 0 bridgehead atoms. The number of benzene rings is 1. The third-order valence-corrected chi connectivity index (χ3v) is 6.94. The second-order valence-corrected chi connectivity index (χ2v) is 8.76. The van der Waals surface area contributed by atoms with Gasteiger partial charge in [0.2, 0.25) is 10.0 Å². The minimum atomic E-state index is -3.62. The normalized spacial score (nSPS) is 18.0. The summed E-state index contributed by atoms with van der Waals surface area (Å²) in [6.07, 6.45) is 2.85. The van der Waals surface area contributed by atoms with E-state index in [1.807, 2.05) is 0 Å². The number of amides is 3. The van der Waals surface area contributed by atoms with Crippen molar-refractivity contribution in [1.29, 1.82) is 0 Å². The van der Waals surface area contributed by atoms with Crippen molar-refractivity contribution in [2.45, 2.75) is 4.90 Å². The van der Waals surface area contributed by atoms with Crippen LogP contribution in [0.5, 0.6) is 0 Å². The van der Waals surface area contributed by atoms with Crippen LogP contribution in [-0.4, -0.2) is 73.8 Å². The molecule has 2 fully saturated rings. The van der Waals surface area contributed by atoms with Crippen molar-refractivity contribution in [1.82, 2.24) is 19.5 Å². The summed E-state index contributed by atoms with van der Waals surface area (Å²) in [5.41, 5.74) is 1.15. The highest BCUT2D eigenvalue weighted by atomic mass is 32.2. The van der Waals surface area contributed by atoms with E-state index in [1.54, 1.807) is 40.1 Å². The second-order valence-electron chi connectivity index (χ2n) is 6.82. The highest BCUT2D eigenvalue weighted by molar-refractivity contribution is 7.89. The number of carbonyl (C=O) groups excluding carboxylic acids is 2. The summed E-state index contributed by atoms with van der Waals surface area (Å²) < 4.78 is 26.8. The summed E-state index contributed by atoms with van der Waals surface area (Å²) in [6.45, 7) is 2.17. The van der Waals surface area contributed by atoms with E-state index in [-0.39, 0.29) is 29.9 Å². The van der Waals surface area contributed by atoms with Gasteiger partial charge in [0.25, 0.3) is 5.91 Å². The van der Waals surface area contributed by atoms with Crippen molar-refractivity contribution in [2.75, 3.05) is 44.2 Å². The highest BCUT2D eigenvalue weighted by Crippen LogP contribution is 2.21. The van der Waals surface area contributed by atoms with Gasteiger partial charge >= 0.3 is 6.03 Å². The number of piperazine rings is 1. The van der Waals surface area contributed by atoms with Gasteiger partial charge in [0.05, 0.1) is 0 Å². The quantitative estimate of drug-likeness (QED) is 0.794. The van der Waals surface area contributed by atoms with Gasteiger partial charge in [-0.2, -0.15) is 4.31 Å². The number of urea groups is 1. The minimum Gasteiger partial charge on any atom is -0.336 e. The van der Waals surface area contributed by atoms with Crippen LogP contribution in [0.25, 0.3) is 0 Å². The Labute approximate surface area is 169 Å². The number of anilines is 1. The van der Waals surface area contributed by atoms with E-state index in [4.69, 9.17) is 0 Å². The van der Waals surface area contributed by atoms with Crippen molar-refractivity contribution in [3.8, 4) is 0 Å². The summed E-state index contributed by atoms with van der Waals surface area (Å²) in [7, 11) is -3.62. The number of hydrogen-bond acceptors (Lipinski definition) is 5. The highest BCUT2D eigenvalue weighted by Gasteiger charge is 2.31. The first-order chi connectivity index (χ1) is 14.0. The molecule has 2 aliphatic rings. The van der Waals surface area contributed by atoms with Crippen LogP contribution in [0.3, 0.4) is 0 Å². The van der Waals surface area contributed by atoms with E-state index in [2.05, 4.69) is 10.3 Å². The molecule has 3 amide bonds. The van der Waals surface area contributed by atoms with Crippen LogP contribution in [0.1, 0.15) is 10.4 Å². The third-order valence-electron chi connectivity index (χ3n) is 5.06. The van der Waals surface area contributed by atoms with Crippen molar-refractivity contribution in [3.05, 3.63) is 54.4 Å². The van der Waals surface area contributed by atoms with E-state index in [0.717, 1.165) is 0 Å². The topological polar surface area (TPSA) is 103 Å². The number of hydrogen-bond donors (Lipinski definition) is 1. The summed E-state index contributed by atoms with van der Waals surface area (Å²) in [6, 6.07) is 9.87.